The molecule has 3 nitrogen and oxygen atoms in total. The van der Waals surface area contributed by atoms with Gasteiger partial charge in [-0.2, -0.15) is 0 Å². The normalized spacial score (nSPS) is 23.6. The van der Waals surface area contributed by atoms with Crippen LogP contribution in [0.15, 0.2) is 28.7 Å². The van der Waals surface area contributed by atoms with Crippen molar-refractivity contribution in [2.24, 2.45) is 0 Å². The minimum absolute atomic E-state index is 0.00852. The zero-order chi connectivity index (χ0) is 14.6. The zero-order valence-corrected chi connectivity index (χ0v) is 13.8. The van der Waals surface area contributed by atoms with Gasteiger partial charge in [-0.05, 0) is 44.4 Å². The van der Waals surface area contributed by atoms with Crippen LogP contribution in [-0.2, 0) is 4.79 Å². The summed E-state index contributed by atoms with van der Waals surface area (Å²) in [5.41, 5.74) is 0.759. The molecule has 2 atom stereocenters. The quantitative estimate of drug-likeness (QED) is 0.861. The van der Waals surface area contributed by atoms with E-state index in [4.69, 9.17) is 0 Å². The highest BCUT2D eigenvalue weighted by Gasteiger charge is 2.40. The van der Waals surface area contributed by atoms with Crippen LogP contribution >= 0.6 is 15.9 Å². The van der Waals surface area contributed by atoms with Crippen LogP contribution in [0, 0.1) is 0 Å². The van der Waals surface area contributed by atoms with E-state index in [2.05, 4.69) is 33.5 Å². The van der Waals surface area contributed by atoms with Crippen molar-refractivity contribution in [1.82, 2.24) is 10.6 Å². The molecule has 4 heteroatoms. The predicted octanol–water partition coefficient (Wildman–Crippen LogP) is 3.55. The fourth-order valence-corrected chi connectivity index (χ4v) is 3.62. The van der Waals surface area contributed by atoms with Crippen molar-refractivity contribution in [2.45, 2.75) is 51.1 Å². The molecule has 1 saturated heterocycles. The first kappa shape index (κ1) is 15.5. The van der Waals surface area contributed by atoms with Gasteiger partial charge in [-0.1, -0.05) is 47.5 Å². The molecule has 0 bridgehead atoms. The molecule has 1 unspecified atom stereocenters. The van der Waals surface area contributed by atoms with E-state index >= 15 is 0 Å². The fourth-order valence-electron chi connectivity index (χ4n) is 2.99. The Morgan fingerprint density at radius 1 is 1.50 bits per heavy atom. The highest BCUT2D eigenvalue weighted by Crippen LogP contribution is 2.28. The van der Waals surface area contributed by atoms with Crippen LogP contribution in [0.3, 0.4) is 0 Å². The molecule has 2 N–H and O–H groups in total. The summed E-state index contributed by atoms with van der Waals surface area (Å²) in [6.07, 6.45) is 3.94. The molecule has 110 valence electrons. The number of hydrogen-bond donors (Lipinski definition) is 2. The molecule has 2 rings (SSSR count). The van der Waals surface area contributed by atoms with E-state index in [0.29, 0.717) is 0 Å². The molecule has 0 aromatic heterocycles. The molecule has 20 heavy (non-hydrogen) atoms. The predicted molar refractivity (Wildman–Crippen MR) is 85.6 cm³/mol. The number of halogens is 1. The van der Waals surface area contributed by atoms with Crippen molar-refractivity contribution in [3.8, 4) is 0 Å². The van der Waals surface area contributed by atoms with Gasteiger partial charge in [-0.25, -0.2) is 0 Å². The Hall–Kier alpha value is -0.870. The molecule has 0 spiro atoms. The Morgan fingerprint density at radius 3 is 2.85 bits per heavy atom. The summed E-state index contributed by atoms with van der Waals surface area (Å²) in [5, 5.41) is 6.59. The monoisotopic (exact) mass is 338 g/mol. The average Bonchev–Trinajstić information content (AvgIpc) is 2.89. The van der Waals surface area contributed by atoms with Gasteiger partial charge in [-0.15, -0.1) is 0 Å². The lowest BCUT2D eigenvalue weighted by Crippen LogP contribution is -2.53. The maximum atomic E-state index is 12.7. The summed E-state index contributed by atoms with van der Waals surface area (Å²) < 4.78 is 1.04. The molecular weight excluding hydrogens is 316 g/mol. The summed E-state index contributed by atoms with van der Waals surface area (Å²) in [7, 11) is 0. The third kappa shape index (κ3) is 3.23. The topological polar surface area (TPSA) is 41.1 Å². The average molecular weight is 339 g/mol. The number of carbonyl (C=O) groups excluding carboxylic acids is 1. The summed E-state index contributed by atoms with van der Waals surface area (Å²) in [5.74, 6) is 0.139. The fraction of sp³-hybridized carbons (Fsp3) is 0.562. The van der Waals surface area contributed by atoms with Crippen molar-refractivity contribution in [3.63, 3.8) is 0 Å². The second-order valence-electron chi connectivity index (χ2n) is 5.58. The first-order chi connectivity index (χ1) is 9.59. The first-order valence-corrected chi connectivity index (χ1v) is 8.19. The minimum Gasteiger partial charge on any atom is -0.348 e. The molecule has 1 aliphatic heterocycles. The van der Waals surface area contributed by atoms with Gasteiger partial charge in [0.1, 0.15) is 0 Å². The van der Waals surface area contributed by atoms with E-state index in [1.54, 1.807) is 0 Å². The minimum atomic E-state index is -0.357. The third-order valence-corrected chi connectivity index (χ3v) is 4.80. The van der Waals surface area contributed by atoms with Crippen LogP contribution in [-0.4, -0.2) is 18.0 Å². The van der Waals surface area contributed by atoms with E-state index in [0.717, 1.165) is 42.3 Å². The molecule has 0 saturated carbocycles. The molecule has 1 aromatic carbocycles. The van der Waals surface area contributed by atoms with E-state index in [1.807, 2.05) is 31.2 Å². The zero-order valence-electron chi connectivity index (χ0n) is 12.2. The molecule has 0 radical (unpaired) electrons. The summed E-state index contributed by atoms with van der Waals surface area (Å²) in [4.78, 5) is 12.7. The summed E-state index contributed by atoms with van der Waals surface area (Å²) in [6.45, 7) is 5.11. The maximum Gasteiger partial charge on any atom is 0.240 e. The third-order valence-electron chi connectivity index (χ3n) is 4.07. The number of carbonyl (C=O) groups is 1. The molecule has 1 aliphatic rings. The van der Waals surface area contributed by atoms with Gasteiger partial charge in [0, 0.05) is 4.47 Å². The number of benzene rings is 1. The lowest BCUT2D eigenvalue weighted by molar-refractivity contribution is -0.128. The smallest absolute Gasteiger partial charge is 0.240 e. The molecule has 1 amide bonds. The van der Waals surface area contributed by atoms with Crippen molar-refractivity contribution < 1.29 is 4.79 Å². The van der Waals surface area contributed by atoms with Gasteiger partial charge in [0.15, 0.2) is 0 Å². The molecule has 0 aliphatic carbocycles. The van der Waals surface area contributed by atoms with E-state index in [-0.39, 0.29) is 17.5 Å². The Kier molecular flexibility index (Phi) is 5.22. The second kappa shape index (κ2) is 6.72. The Bertz CT molecular complexity index is 469. The van der Waals surface area contributed by atoms with Gasteiger partial charge in [0.05, 0.1) is 11.6 Å². The maximum absolute atomic E-state index is 12.7. The second-order valence-corrected chi connectivity index (χ2v) is 6.43. The highest BCUT2D eigenvalue weighted by atomic mass is 79.9. The van der Waals surface area contributed by atoms with Crippen LogP contribution in [0.1, 0.15) is 51.1 Å². The lowest BCUT2D eigenvalue weighted by atomic mass is 9.90. The Balaban J connectivity index is 2.08. The lowest BCUT2D eigenvalue weighted by Gasteiger charge is -2.30. The number of amides is 1. The van der Waals surface area contributed by atoms with Crippen LogP contribution in [0.25, 0.3) is 0 Å². The van der Waals surface area contributed by atoms with Crippen molar-refractivity contribution in [3.05, 3.63) is 34.3 Å². The van der Waals surface area contributed by atoms with Gasteiger partial charge >= 0.3 is 0 Å². The van der Waals surface area contributed by atoms with Crippen LogP contribution in [0.4, 0.5) is 0 Å². The van der Waals surface area contributed by atoms with Crippen molar-refractivity contribution in [1.29, 1.82) is 0 Å². The first-order valence-electron chi connectivity index (χ1n) is 7.39. The summed E-state index contributed by atoms with van der Waals surface area (Å²) in [6, 6.07) is 8.05. The van der Waals surface area contributed by atoms with Gasteiger partial charge in [0.25, 0.3) is 0 Å². The van der Waals surface area contributed by atoms with Crippen molar-refractivity contribution >= 4 is 21.8 Å². The van der Waals surface area contributed by atoms with Gasteiger partial charge < -0.3 is 10.6 Å². The van der Waals surface area contributed by atoms with E-state index < -0.39 is 0 Å². The van der Waals surface area contributed by atoms with E-state index in [1.165, 1.54) is 0 Å². The van der Waals surface area contributed by atoms with Crippen molar-refractivity contribution in [2.75, 3.05) is 6.54 Å². The molecule has 1 heterocycles. The Labute approximate surface area is 129 Å². The largest absolute Gasteiger partial charge is 0.348 e. The van der Waals surface area contributed by atoms with Crippen LogP contribution in [0.2, 0.25) is 0 Å². The molecule has 1 fully saturated rings. The number of rotatable bonds is 5. The van der Waals surface area contributed by atoms with Gasteiger partial charge in [-0.3, -0.25) is 4.79 Å². The van der Waals surface area contributed by atoms with E-state index in [9.17, 15) is 4.79 Å². The molecule has 1 aromatic rings. The standard InChI is InChI=1S/C16H23BrN2O/c1-3-9-16(10-6-11-18-16)15(20)19-12(2)13-7-4-5-8-14(13)17/h4-5,7-8,12,18H,3,6,9-11H2,1-2H3,(H,19,20)/t12-,16?/m1/s1. The van der Waals surface area contributed by atoms with Gasteiger partial charge in [0.2, 0.25) is 5.91 Å². The Morgan fingerprint density at radius 2 is 2.25 bits per heavy atom. The number of nitrogens with one attached hydrogen (secondary N) is 2. The van der Waals surface area contributed by atoms with Crippen LogP contribution in [0.5, 0.6) is 0 Å². The van der Waals surface area contributed by atoms with Crippen LogP contribution < -0.4 is 10.6 Å². The summed E-state index contributed by atoms with van der Waals surface area (Å²) >= 11 is 3.55. The SMILES string of the molecule is CCCC1(C(=O)N[C@H](C)c2ccccc2Br)CCCN1. The number of hydrogen-bond acceptors (Lipinski definition) is 2. The highest BCUT2D eigenvalue weighted by molar-refractivity contribution is 9.10. The molecular formula is C16H23BrN2O.